The average molecular weight is 302 g/mol. The summed E-state index contributed by atoms with van der Waals surface area (Å²) in [6, 6.07) is 1.04. The molecule has 1 heterocycles. The lowest BCUT2D eigenvalue weighted by molar-refractivity contribution is 0.000402. The van der Waals surface area contributed by atoms with Crippen molar-refractivity contribution in [2.45, 2.75) is 31.1 Å². The van der Waals surface area contributed by atoms with E-state index in [0.717, 1.165) is 0 Å². The van der Waals surface area contributed by atoms with E-state index in [1.165, 1.54) is 16.8 Å². The van der Waals surface area contributed by atoms with Gasteiger partial charge in [-0.25, -0.2) is 4.79 Å². The molecule has 112 valence electrons. The Labute approximate surface area is 116 Å². The molecule has 2 N–H and O–H groups in total. The number of hydrogen-bond acceptors (Lipinski definition) is 5. The van der Waals surface area contributed by atoms with Crippen molar-refractivity contribution in [3.63, 3.8) is 0 Å². The predicted octanol–water partition coefficient (Wildman–Crippen LogP) is 0.198. The molecule has 3 atom stereocenters. The van der Waals surface area contributed by atoms with Crippen LogP contribution < -0.4 is 11.2 Å². The Morgan fingerprint density at radius 3 is 2.75 bits per heavy atom. The molecule has 1 aromatic heterocycles. The summed E-state index contributed by atoms with van der Waals surface area (Å²) in [5, 5.41) is 9.96. The van der Waals surface area contributed by atoms with Gasteiger partial charge in [0.1, 0.15) is 7.14 Å². The third-order valence-electron chi connectivity index (χ3n) is 3.29. The van der Waals surface area contributed by atoms with E-state index < -0.39 is 30.6 Å². The lowest BCUT2D eigenvalue weighted by Gasteiger charge is -2.17. The van der Waals surface area contributed by atoms with Crippen LogP contribution in [0.1, 0.15) is 18.9 Å². The van der Waals surface area contributed by atoms with E-state index in [2.05, 4.69) is 4.98 Å². The molecule has 0 aromatic carbocycles. The Bertz CT molecular complexity index is 631. The fourth-order valence-electron chi connectivity index (χ4n) is 2.35. The van der Waals surface area contributed by atoms with Crippen LogP contribution in [0.25, 0.3) is 0 Å². The number of aromatic nitrogens is 2. The zero-order valence-electron chi connectivity index (χ0n) is 11.5. The van der Waals surface area contributed by atoms with Crippen molar-refractivity contribution in [3.05, 3.63) is 33.1 Å². The van der Waals surface area contributed by atoms with E-state index in [-0.39, 0.29) is 12.4 Å². The highest BCUT2D eigenvalue weighted by Crippen LogP contribution is 2.39. The van der Waals surface area contributed by atoms with Gasteiger partial charge in [-0.05, 0) is 26.2 Å². The van der Waals surface area contributed by atoms with Gasteiger partial charge < -0.3 is 14.4 Å². The fourth-order valence-corrected chi connectivity index (χ4v) is 2.90. The van der Waals surface area contributed by atoms with Gasteiger partial charge in [0.25, 0.3) is 5.56 Å². The molecule has 0 unspecified atom stereocenters. The summed E-state index contributed by atoms with van der Waals surface area (Å²) in [5.74, 6) is 0. The van der Waals surface area contributed by atoms with E-state index >= 15 is 0 Å². The average Bonchev–Trinajstić information content (AvgIpc) is 2.67. The summed E-state index contributed by atoms with van der Waals surface area (Å²) in [4.78, 5) is 24.9. The standard InChI is InChI=1S/C12H19N2O5P/c1-20(2,18)7-19-10-6-8(5-9(10)15)14-4-3-11(16)13-12(14)17/h3-4,8-10,15H,5-7H2,1-2H3,(H,13,16,17)/t8-,9+,10-/m0/s1. The molecule has 0 spiro atoms. The number of nitrogens with one attached hydrogen (secondary N) is 1. The molecule has 0 bridgehead atoms. The smallest absolute Gasteiger partial charge is 0.328 e. The number of rotatable bonds is 4. The first-order valence-electron chi connectivity index (χ1n) is 6.41. The summed E-state index contributed by atoms with van der Waals surface area (Å²) in [7, 11) is -2.30. The number of H-pyrrole nitrogens is 1. The minimum Gasteiger partial charge on any atom is -0.390 e. The number of nitrogens with zero attached hydrogens (tertiary/aromatic N) is 1. The van der Waals surface area contributed by atoms with E-state index in [0.29, 0.717) is 12.8 Å². The van der Waals surface area contributed by atoms with Crippen LogP contribution in [-0.2, 0) is 9.30 Å². The van der Waals surface area contributed by atoms with E-state index in [1.54, 1.807) is 13.3 Å². The minimum absolute atomic E-state index is 0.113. The molecule has 7 nitrogen and oxygen atoms in total. The normalized spacial score (nSPS) is 26.9. The largest absolute Gasteiger partial charge is 0.390 e. The maximum Gasteiger partial charge on any atom is 0.328 e. The second-order valence-electron chi connectivity index (χ2n) is 5.62. The second-order valence-corrected chi connectivity index (χ2v) is 9.02. The number of hydrogen-bond donors (Lipinski definition) is 2. The van der Waals surface area contributed by atoms with Crippen LogP contribution in [0.4, 0.5) is 0 Å². The Kier molecular flexibility index (Phi) is 4.32. The van der Waals surface area contributed by atoms with Crippen LogP contribution >= 0.6 is 7.14 Å². The van der Waals surface area contributed by atoms with Crippen LogP contribution in [0.2, 0.25) is 0 Å². The van der Waals surface area contributed by atoms with Crippen LogP contribution in [0.15, 0.2) is 21.9 Å². The molecular weight excluding hydrogens is 283 g/mol. The van der Waals surface area contributed by atoms with Crippen molar-refractivity contribution < 1.29 is 14.4 Å². The summed E-state index contributed by atoms with van der Waals surface area (Å²) >= 11 is 0. The van der Waals surface area contributed by atoms with Crippen molar-refractivity contribution in [3.8, 4) is 0 Å². The molecule has 8 heteroatoms. The third-order valence-corrected chi connectivity index (χ3v) is 4.06. The molecule has 1 fully saturated rings. The first-order chi connectivity index (χ1) is 9.26. The van der Waals surface area contributed by atoms with Crippen molar-refractivity contribution >= 4 is 7.14 Å². The first-order valence-corrected chi connectivity index (χ1v) is 9.20. The molecule has 0 radical (unpaired) electrons. The maximum absolute atomic E-state index is 11.7. The number of aliphatic hydroxyl groups excluding tert-OH is 1. The molecule has 1 aliphatic rings. The van der Waals surface area contributed by atoms with Crippen molar-refractivity contribution in [2.24, 2.45) is 0 Å². The Balaban J connectivity index is 2.08. The summed E-state index contributed by atoms with van der Waals surface area (Å²) in [6.45, 7) is 3.25. The zero-order valence-corrected chi connectivity index (χ0v) is 12.4. The monoisotopic (exact) mass is 302 g/mol. The van der Waals surface area contributed by atoms with Crippen molar-refractivity contribution in [1.29, 1.82) is 0 Å². The predicted molar refractivity (Wildman–Crippen MR) is 74.8 cm³/mol. The summed E-state index contributed by atoms with van der Waals surface area (Å²) in [6.07, 6.45) is 1.21. The number of ether oxygens (including phenoxy) is 1. The molecule has 0 saturated heterocycles. The fraction of sp³-hybridized carbons (Fsp3) is 0.667. The van der Waals surface area contributed by atoms with Gasteiger partial charge in [0.15, 0.2) is 0 Å². The minimum atomic E-state index is -2.30. The number of aliphatic hydroxyl groups is 1. The topological polar surface area (TPSA) is 101 Å². The van der Waals surface area contributed by atoms with Gasteiger partial charge in [-0.1, -0.05) is 0 Å². The van der Waals surface area contributed by atoms with Gasteiger partial charge in [-0.15, -0.1) is 0 Å². The maximum atomic E-state index is 11.7. The second kappa shape index (κ2) is 5.68. The van der Waals surface area contributed by atoms with Gasteiger partial charge >= 0.3 is 5.69 Å². The molecule has 0 amide bonds. The molecule has 2 rings (SSSR count). The van der Waals surface area contributed by atoms with Gasteiger partial charge in [0.2, 0.25) is 0 Å². The van der Waals surface area contributed by atoms with E-state index in [1.807, 2.05) is 0 Å². The van der Waals surface area contributed by atoms with Crippen LogP contribution in [0.5, 0.6) is 0 Å². The lowest BCUT2D eigenvalue weighted by Crippen LogP contribution is -2.31. The highest BCUT2D eigenvalue weighted by atomic mass is 31.2. The number of aromatic amines is 1. The van der Waals surface area contributed by atoms with E-state index in [4.69, 9.17) is 4.74 Å². The Hall–Kier alpha value is -1.17. The zero-order chi connectivity index (χ0) is 14.9. The lowest BCUT2D eigenvalue weighted by atomic mass is 10.2. The van der Waals surface area contributed by atoms with Crippen molar-refractivity contribution in [2.75, 3.05) is 19.7 Å². The SMILES string of the molecule is CP(C)(=O)CO[C@H]1C[C@@H](n2ccc(=O)[nH]c2=O)C[C@H]1O. The van der Waals surface area contributed by atoms with Gasteiger partial charge in [0.05, 0.1) is 18.6 Å². The molecule has 1 saturated carbocycles. The van der Waals surface area contributed by atoms with Crippen LogP contribution in [-0.4, -0.2) is 46.5 Å². The highest BCUT2D eigenvalue weighted by Gasteiger charge is 2.35. The molecule has 1 aromatic rings. The molecular formula is C12H19N2O5P. The summed E-state index contributed by atoms with van der Waals surface area (Å²) < 4.78 is 18.5. The van der Waals surface area contributed by atoms with Crippen LogP contribution in [0, 0.1) is 0 Å². The van der Waals surface area contributed by atoms with Gasteiger partial charge in [-0.3, -0.25) is 14.3 Å². The van der Waals surface area contributed by atoms with Gasteiger partial charge in [-0.2, -0.15) is 0 Å². The molecule has 0 aliphatic heterocycles. The van der Waals surface area contributed by atoms with E-state index in [9.17, 15) is 19.3 Å². The Morgan fingerprint density at radius 2 is 2.15 bits per heavy atom. The molecule has 1 aliphatic carbocycles. The summed E-state index contributed by atoms with van der Waals surface area (Å²) in [5.41, 5.74) is -0.942. The highest BCUT2D eigenvalue weighted by molar-refractivity contribution is 7.62. The van der Waals surface area contributed by atoms with Crippen LogP contribution in [0.3, 0.4) is 0 Å². The third kappa shape index (κ3) is 3.69. The first kappa shape index (κ1) is 15.2. The Morgan fingerprint density at radius 1 is 1.45 bits per heavy atom. The quantitative estimate of drug-likeness (QED) is 0.774. The van der Waals surface area contributed by atoms with Crippen molar-refractivity contribution in [1.82, 2.24) is 9.55 Å². The molecule has 20 heavy (non-hydrogen) atoms. The van der Waals surface area contributed by atoms with Gasteiger partial charge in [0, 0.05) is 18.3 Å².